The molecular weight excluding hydrogens is 488 g/mol. The van der Waals surface area contributed by atoms with E-state index < -0.39 is 17.1 Å². The highest BCUT2D eigenvalue weighted by molar-refractivity contribution is 6.83. The molecule has 202 valence electrons. The second-order valence-corrected chi connectivity index (χ2v) is 20.8. The van der Waals surface area contributed by atoms with Crippen molar-refractivity contribution in [3.05, 3.63) is 18.3 Å². The van der Waals surface area contributed by atoms with E-state index >= 15 is 0 Å². The van der Waals surface area contributed by atoms with Crippen LogP contribution in [0.3, 0.4) is 0 Å². The summed E-state index contributed by atoms with van der Waals surface area (Å²) in [7, 11) is -5.66. The van der Waals surface area contributed by atoms with Crippen molar-refractivity contribution in [1.29, 1.82) is 0 Å². The molecule has 4 atom stereocenters. The Morgan fingerprint density at radius 3 is 2.25 bits per heavy atom. The van der Waals surface area contributed by atoms with E-state index in [1.807, 2.05) is 13.3 Å². The average molecular weight is 535 g/mol. The van der Waals surface area contributed by atoms with Crippen molar-refractivity contribution in [3.63, 3.8) is 0 Å². The molecule has 1 aliphatic carbocycles. The van der Waals surface area contributed by atoms with Gasteiger partial charge in [0.1, 0.15) is 11.8 Å². The zero-order valence-electron chi connectivity index (χ0n) is 23.6. The Morgan fingerprint density at radius 2 is 1.64 bits per heavy atom. The normalized spacial score (nSPS) is 25.3. The van der Waals surface area contributed by atoms with Crippen LogP contribution in [-0.2, 0) is 13.3 Å². The first kappa shape index (κ1) is 27.8. The molecule has 0 radical (unpaired) electrons. The Hall–Kier alpha value is -1.18. The van der Waals surface area contributed by atoms with Gasteiger partial charge < -0.3 is 22.6 Å². The minimum Gasteiger partial charge on any atom is -0.414 e. The van der Waals surface area contributed by atoms with Gasteiger partial charge in [-0.2, -0.15) is 0 Å². The molecule has 2 fully saturated rings. The first-order chi connectivity index (χ1) is 16.9. The van der Waals surface area contributed by atoms with Crippen molar-refractivity contribution in [2.24, 2.45) is 11.8 Å². The Bertz CT molecular complexity index is 1010. The van der Waals surface area contributed by atoms with Crippen LogP contribution in [-0.4, -0.2) is 60.8 Å². The predicted molar refractivity (Wildman–Crippen MR) is 146 cm³/mol. The standard InChI is InChI=1S/C26H46N4O4Si2/c1-16(2)35(31,17(3)4)34-36(18(5)6,19(7)8)33-12-21-10-11-22-23(13-32-21)25(22)30-15-29-24-20(9)27-14-28-26(24)30/h14-19,21-23,25,31H,10-13H2,1-9H3. The van der Waals surface area contributed by atoms with Crippen molar-refractivity contribution in [3.8, 4) is 0 Å². The molecule has 0 bridgehead atoms. The Balaban J connectivity index is 1.42. The molecular formula is C26H46N4O4Si2. The minimum absolute atomic E-state index is 0.0587. The second kappa shape index (κ2) is 10.5. The van der Waals surface area contributed by atoms with Gasteiger partial charge in [-0.1, -0.05) is 55.4 Å². The van der Waals surface area contributed by atoms with Gasteiger partial charge in [-0.3, -0.25) is 0 Å². The largest absolute Gasteiger partial charge is 0.414 e. The average Bonchev–Trinajstić information content (AvgIpc) is 3.39. The highest BCUT2D eigenvalue weighted by Crippen LogP contribution is 2.55. The molecule has 0 spiro atoms. The third-order valence-electron chi connectivity index (χ3n) is 8.58. The zero-order chi connectivity index (χ0) is 26.4. The maximum atomic E-state index is 11.7. The van der Waals surface area contributed by atoms with Crippen LogP contribution in [0.5, 0.6) is 0 Å². The molecule has 0 aromatic carbocycles. The molecule has 3 heterocycles. The number of hydrogen-bond acceptors (Lipinski definition) is 7. The van der Waals surface area contributed by atoms with E-state index in [1.165, 1.54) is 0 Å². The van der Waals surface area contributed by atoms with Crippen LogP contribution in [0.15, 0.2) is 12.7 Å². The van der Waals surface area contributed by atoms with Crippen molar-refractivity contribution >= 4 is 28.3 Å². The summed E-state index contributed by atoms with van der Waals surface area (Å²) in [5.41, 5.74) is 3.42. The number of fused-ring (bicyclic) bond motifs is 2. The SMILES string of the molecule is Cc1ncnc2c1ncn2C1C2CCC(CO[Si](O[Si](O)(C(C)C)C(C)C)(C(C)C)C(C)C)OCC21. The summed E-state index contributed by atoms with van der Waals surface area (Å²) >= 11 is 0. The van der Waals surface area contributed by atoms with Crippen molar-refractivity contribution in [1.82, 2.24) is 19.5 Å². The summed E-state index contributed by atoms with van der Waals surface area (Å²) in [6.07, 6.45) is 5.67. The number of hydrogen-bond donors (Lipinski definition) is 1. The van der Waals surface area contributed by atoms with E-state index in [0.717, 1.165) is 36.3 Å². The highest BCUT2D eigenvalue weighted by Gasteiger charge is 2.56. The number of ether oxygens (including phenoxy) is 1. The Morgan fingerprint density at radius 1 is 0.972 bits per heavy atom. The second-order valence-electron chi connectivity index (χ2n) is 12.1. The van der Waals surface area contributed by atoms with Crippen molar-refractivity contribution in [2.75, 3.05) is 13.2 Å². The molecule has 2 aliphatic rings. The lowest BCUT2D eigenvalue weighted by Crippen LogP contribution is -2.60. The molecule has 0 amide bonds. The monoisotopic (exact) mass is 534 g/mol. The lowest BCUT2D eigenvalue weighted by molar-refractivity contribution is 0.00416. The van der Waals surface area contributed by atoms with Gasteiger partial charge in [-0.25, -0.2) is 15.0 Å². The van der Waals surface area contributed by atoms with Crippen LogP contribution in [0.1, 0.15) is 80.0 Å². The molecule has 1 N–H and O–H groups in total. The van der Waals surface area contributed by atoms with E-state index in [4.69, 9.17) is 13.3 Å². The molecule has 4 unspecified atom stereocenters. The number of imidazole rings is 1. The molecule has 1 aliphatic heterocycles. The van der Waals surface area contributed by atoms with Gasteiger partial charge >= 0.3 is 17.1 Å². The first-order valence-electron chi connectivity index (χ1n) is 13.7. The third-order valence-corrected chi connectivity index (χ3v) is 18.3. The molecule has 8 nitrogen and oxygen atoms in total. The highest BCUT2D eigenvalue weighted by atomic mass is 28.5. The van der Waals surface area contributed by atoms with E-state index in [2.05, 4.69) is 74.9 Å². The number of rotatable bonds is 10. The molecule has 2 aromatic heterocycles. The quantitative estimate of drug-likeness (QED) is 0.394. The van der Waals surface area contributed by atoms with Crippen LogP contribution in [0.25, 0.3) is 11.2 Å². The predicted octanol–water partition coefficient (Wildman–Crippen LogP) is 5.65. The van der Waals surface area contributed by atoms with Crippen molar-refractivity contribution in [2.45, 2.75) is 109 Å². The molecule has 2 aromatic rings. The smallest absolute Gasteiger partial charge is 0.334 e. The molecule has 1 saturated carbocycles. The fourth-order valence-electron chi connectivity index (χ4n) is 6.12. The maximum Gasteiger partial charge on any atom is 0.334 e. The molecule has 4 rings (SSSR count). The van der Waals surface area contributed by atoms with Crippen LogP contribution in [0.4, 0.5) is 0 Å². The van der Waals surface area contributed by atoms with Crippen molar-refractivity contribution < 1.29 is 18.1 Å². The van der Waals surface area contributed by atoms with Crippen LogP contribution in [0, 0.1) is 18.8 Å². The topological polar surface area (TPSA) is 91.5 Å². The van der Waals surface area contributed by atoms with Gasteiger partial charge in [-0.15, -0.1) is 0 Å². The fourth-order valence-corrected chi connectivity index (χ4v) is 15.9. The number of aromatic nitrogens is 4. The third kappa shape index (κ3) is 4.97. The Labute approximate surface area is 218 Å². The van der Waals surface area contributed by atoms with Crippen LogP contribution >= 0.6 is 0 Å². The summed E-state index contributed by atoms with van der Waals surface area (Å²) in [6, 6.07) is 0.396. The van der Waals surface area contributed by atoms with E-state index in [1.54, 1.807) is 6.33 Å². The van der Waals surface area contributed by atoms with E-state index in [-0.39, 0.29) is 28.3 Å². The molecule has 10 heteroatoms. The van der Waals surface area contributed by atoms with Crippen LogP contribution in [0.2, 0.25) is 22.2 Å². The minimum atomic E-state index is -2.96. The zero-order valence-corrected chi connectivity index (χ0v) is 25.6. The lowest BCUT2D eigenvalue weighted by Gasteiger charge is -2.46. The molecule has 1 saturated heterocycles. The van der Waals surface area contributed by atoms with Gasteiger partial charge in [0.15, 0.2) is 5.65 Å². The number of aryl methyl sites for hydroxylation is 1. The summed E-state index contributed by atoms with van der Waals surface area (Å²) in [6.45, 7) is 20.3. The van der Waals surface area contributed by atoms with E-state index in [0.29, 0.717) is 24.5 Å². The first-order valence-corrected chi connectivity index (χ1v) is 17.7. The van der Waals surface area contributed by atoms with E-state index in [9.17, 15) is 4.80 Å². The summed E-state index contributed by atoms with van der Waals surface area (Å²) in [5.74, 6) is 1.06. The summed E-state index contributed by atoms with van der Waals surface area (Å²) in [5, 5.41) is 0. The Kier molecular flexibility index (Phi) is 8.15. The van der Waals surface area contributed by atoms with Gasteiger partial charge in [0.2, 0.25) is 0 Å². The number of nitrogens with zero attached hydrogens (tertiary/aromatic N) is 4. The molecule has 36 heavy (non-hydrogen) atoms. The van der Waals surface area contributed by atoms with Gasteiger partial charge in [0, 0.05) is 12.0 Å². The van der Waals surface area contributed by atoms with Crippen LogP contribution < -0.4 is 0 Å². The maximum absolute atomic E-state index is 11.7. The van der Waals surface area contributed by atoms with Gasteiger partial charge in [0.25, 0.3) is 0 Å². The summed E-state index contributed by atoms with van der Waals surface area (Å²) < 4.78 is 22.3. The lowest BCUT2D eigenvalue weighted by atomic mass is 10.1. The summed E-state index contributed by atoms with van der Waals surface area (Å²) in [4.78, 5) is 25.0. The van der Waals surface area contributed by atoms with Gasteiger partial charge in [-0.05, 0) is 47.8 Å². The van der Waals surface area contributed by atoms with Gasteiger partial charge in [0.05, 0.1) is 31.3 Å². The fraction of sp³-hybridized carbons (Fsp3) is 0.808.